The molecule has 2 nitrogen and oxygen atoms in total. The van der Waals surface area contributed by atoms with Gasteiger partial charge in [-0.25, -0.2) is 0 Å². The van der Waals surface area contributed by atoms with Crippen molar-refractivity contribution in [2.24, 2.45) is 0 Å². The van der Waals surface area contributed by atoms with E-state index >= 15 is 0 Å². The van der Waals surface area contributed by atoms with E-state index in [-0.39, 0.29) is 12.6 Å². The second kappa shape index (κ2) is 6.59. The van der Waals surface area contributed by atoms with Gasteiger partial charge in [-0.2, -0.15) is 13.2 Å². The minimum atomic E-state index is -4.03. The fraction of sp³-hybridized carbons (Fsp3) is 1.00. The van der Waals surface area contributed by atoms with E-state index in [0.717, 1.165) is 32.4 Å². The van der Waals surface area contributed by atoms with Gasteiger partial charge < -0.3 is 10.2 Å². The summed E-state index contributed by atoms with van der Waals surface area (Å²) in [7, 11) is 0. The van der Waals surface area contributed by atoms with Gasteiger partial charge in [0.15, 0.2) is 0 Å². The van der Waals surface area contributed by atoms with Crippen LogP contribution >= 0.6 is 0 Å². The van der Waals surface area contributed by atoms with Gasteiger partial charge in [0.05, 0.1) is 6.42 Å². The zero-order valence-corrected chi connectivity index (χ0v) is 10.7. The monoisotopic (exact) mass is 252 g/mol. The summed E-state index contributed by atoms with van der Waals surface area (Å²) in [4.78, 5) is 1.96. The zero-order chi connectivity index (χ0) is 12.9. The highest BCUT2D eigenvalue weighted by Crippen LogP contribution is 2.23. The summed E-state index contributed by atoms with van der Waals surface area (Å²) >= 11 is 0. The number of hydrogen-bond acceptors (Lipinski definition) is 2. The maximum Gasteiger partial charge on any atom is 0.390 e. The lowest BCUT2D eigenvalue weighted by Crippen LogP contribution is -2.48. The van der Waals surface area contributed by atoms with E-state index in [1.54, 1.807) is 0 Å². The third-order valence-corrected chi connectivity index (χ3v) is 3.38. The summed E-state index contributed by atoms with van der Waals surface area (Å²) < 4.78 is 36.4. The Balaban J connectivity index is 2.27. The van der Waals surface area contributed by atoms with Crippen molar-refractivity contribution in [3.63, 3.8) is 0 Å². The highest BCUT2D eigenvalue weighted by Gasteiger charge is 2.31. The van der Waals surface area contributed by atoms with Gasteiger partial charge in [0, 0.05) is 18.6 Å². The lowest BCUT2D eigenvalue weighted by molar-refractivity contribution is -0.139. The predicted octanol–water partition coefficient (Wildman–Crippen LogP) is 2.79. The molecule has 0 aliphatic carbocycles. The smallest absolute Gasteiger partial charge is 0.314 e. The fourth-order valence-corrected chi connectivity index (χ4v) is 2.36. The number of nitrogens with zero attached hydrogens (tertiary/aromatic N) is 1. The summed E-state index contributed by atoms with van der Waals surface area (Å²) in [5.41, 5.74) is 0. The minimum absolute atomic E-state index is 0.144. The Hall–Kier alpha value is -0.290. The lowest BCUT2D eigenvalue weighted by Gasteiger charge is -2.38. The van der Waals surface area contributed by atoms with Gasteiger partial charge in [-0.05, 0) is 39.3 Å². The van der Waals surface area contributed by atoms with E-state index in [1.165, 1.54) is 0 Å². The summed E-state index contributed by atoms with van der Waals surface area (Å²) in [5, 5.41) is 3.45. The molecule has 5 heteroatoms. The number of halogens is 3. The zero-order valence-electron chi connectivity index (χ0n) is 10.7. The van der Waals surface area contributed by atoms with Crippen LogP contribution < -0.4 is 5.32 Å². The van der Waals surface area contributed by atoms with Crippen LogP contribution in [-0.2, 0) is 0 Å². The average Bonchev–Trinajstić information content (AvgIpc) is 2.23. The quantitative estimate of drug-likeness (QED) is 0.809. The highest BCUT2D eigenvalue weighted by molar-refractivity contribution is 4.83. The van der Waals surface area contributed by atoms with Crippen molar-refractivity contribution in [1.29, 1.82) is 0 Å². The molecule has 0 amide bonds. The van der Waals surface area contributed by atoms with Gasteiger partial charge in [-0.1, -0.05) is 6.92 Å². The van der Waals surface area contributed by atoms with E-state index in [2.05, 4.69) is 12.2 Å². The molecule has 0 bridgehead atoms. The van der Waals surface area contributed by atoms with Crippen LogP contribution in [0.15, 0.2) is 0 Å². The first-order valence-corrected chi connectivity index (χ1v) is 6.46. The molecular weight excluding hydrogens is 229 g/mol. The molecular formula is C12H23F3N2. The lowest BCUT2D eigenvalue weighted by atomic mass is 9.98. The molecule has 2 atom stereocenters. The Morgan fingerprint density at radius 1 is 1.35 bits per heavy atom. The first-order chi connectivity index (χ1) is 7.92. The fourth-order valence-electron chi connectivity index (χ4n) is 2.36. The molecule has 0 radical (unpaired) electrons. The molecule has 1 aliphatic heterocycles. The van der Waals surface area contributed by atoms with Crippen molar-refractivity contribution in [3.8, 4) is 0 Å². The van der Waals surface area contributed by atoms with Crippen LogP contribution in [0.5, 0.6) is 0 Å². The van der Waals surface area contributed by atoms with Gasteiger partial charge in [-0.15, -0.1) is 0 Å². The van der Waals surface area contributed by atoms with Gasteiger partial charge in [0.2, 0.25) is 0 Å². The van der Waals surface area contributed by atoms with E-state index in [4.69, 9.17) is 0 Å². The van der Waals surface area contributed by atoms with Gasteiger partial charge in [0.1, 0.15) is 0 Å². The topological polar surface area (TPSA) is 15.3 Å². The van der Waals surface area contributed by atoms with Crippen LogP contribution in [0, 0.1) is 0 Å². The average molecular weight is 252 g/mol. The molecule has 1 heterocycles. The van der Waals surface area contributed by atoms with Crippen molar-refractivity contribution < 1.29 is 13.2 Å². The van der Waals surface area contributed by atoms with E-state index in [1.807, 2.05) is 11.8 Å². The number of likely N-dealkylation sites (tertiary alicyclic amines) is 1. The molecule has 1 rings (SSSR count). The second-order valence-corrected chi connectivity index (χ2v) is 4.93. The Kier molecular flexibility index (Phi) is 5.73. The van der Waals surface area contributed by atoms with Crippen LogP contribution in [0.4, 0.5) is 13.2 Å². The van der Waals surface area contributed by atoms with Crippen LogP contribution in [-0.4, -0.2) is 42.8 Å². The maximum atomic E-state index is 12.1. The number of piperidine rings is 1. The van der Waals surface area contributed by atoms with E-state index in [9.17, 15) is 13.2 Å². The number of hydrogen-bond donors (Lipinski definition) is 1. The number of rotatable bonds is 5. The molecule has 2 unspecified atom stereocenters. The Morgan fingerprint density at radius 2 is 2.06 bits per heavy atom. The third-order valence-electron chi connectivity index (χ3n) is 3.38. The molecule has 17 heavy (non-hydrogen) atoms. The Morgan fingerprint density at radius 3 is 2.59 bits per heavy atom. The minimum Gasteiger partial charge on any atom is -0.314 e. The Bertz CT molecular complexity index is 218. The van der Waals surface area contributed by atoms with Gasteiger partial charge >= 0.3 is 6.18 Å². The van der Waals surface area contributed by atoms with E-state index in [0.29, 0.717) is 6.04 Å². The van der Waals surface area contributed by atoms with Crippen molar-refractivity contribution in [3.05, 3.63) is 0 Å². The van der Waals surface area contributed by atoms with E-state index < -0.39 is 12.6 Å². The first-order valence-electron chi connectivity index (χ1n) is 6.46. The number of nitrogens with one attached hydrogen (secondary N) is 1. The van der Waals surface area contributed by atoms with Crippen LogP contribution in [0.25, 0.3) is 0 Å². The summed E-state index contributed by atoms with van der Waals surface area (Å²) in [6, 6.07) is 0.729. The van der Waals surface area contributed by atoms with Crippen LogP contribution in [0.1, 0.15) is 39.5 Å². The molecule has 0 saturated carbocycles. The van der Waals surface area contributed by atoms with Crippen molar-refractivity contribution in [2.45, 2.75) is 57.8 Å². The van der Waals surface area contributed by atoms with Crippen molar-refractivity contribution >= 4 is 0 Å². The molecule has 0 aromatic carbocycles. The molecule has 0 spiro atoms. The van der Waals surface area contributed by atoms with Crippen LogP contribution in [0.3, 0.4) is 0 Å². The molecule has 1 fully saturated rings. The van der Waals surface area contributed by atoms with Crippen molar-refractivity contribution in [1.82, 2.24) is 10.2 Å². The maximum absolute atomic E-state index is 12.1. The van der Waals surface area contributed by atoms with Crippen molar-refractivity contribution in [2.75, 3.05) is 19.6 Å². The molecule has 0 aromatic heterocycles. The SMILES string of the molecule is CCCNC1CCN(CCC(F)(F)F)C(C)C1. The highest BCUT2D eigenvalue weighted by atomic mass is 19.4. The summed E-state index contributed by atoms with van der Waals surface area (Å²) in [6.45, 7) is 6.06. The number of alkyl halides is 3. The molecule has 0 aromatic rings. The largest absolute Gasteiger partial charge is 0.390 e. The first kappa shape index (κ1) is 14.8. The Labute approximate surface area is 102 Å². The van der Waals surface area contributed by atoms with Gasteiger partial charge in [0.25, 0.3) is 0 Å². The predicted molar refractivity (Wildman–Crippen MR) is 63.0 cm³/mol. The third kappa shape index (κ3) is 5.73. The molecule has 1 aliphatic rings. The molecule has 1 saturated heterocycles. The summed E-state index contributed by atoms with van der Waals surface area (Å²) in [5.74, 6) is 0. The molecule has 102 valence electrons. The molecule has 1 N–H and O–H groups in total. The van der Waals surface area contributed by atoms with Gasteiger partial charge in [-0.3, -0.25) is 0 Å². The summed E-state index contributed by atoms with van der Waals surface area (Å²) in [6.07, 6.45) is -1.70. The standard InChI is InChI=1S/C12H23F3N2/c1-3-6-16-11-4-7-17(10(2)9-11)8-5-12(13,14)15/h10-11,16H,3-9H2,1-2H3. The second-order valence-electron chi connectivity index (χ2n) is 4.93. The van der Waals surface area contributed by atoms with Crippen LogP contribution in [0.2, 0.25) is 0 Å². The normalized spacial score (nSPS) is 27.4.